The average Bonchev–Trinajstić information content (AvgIpc) is 3.06. The van der Waals surface area contributed by atoms with Crippen LogP contribution in [-0.2, 0) is 11.3 Å². The molecule has 0 aromatic carbocycles. The highest BCUT2D eigenvalue weighted by Crippen LogP contribution is 2.42. The predicted octanol–water partition coefficient (Wildman–Crippen LogP) is 2.88. The molecule has 0 saturated heterocycles. The topological polar surface area (TPSA) is 63.1 Å². The summed E-state index contributed by atoms with van der Waals surface area (Å²) in [5.74, 6) is 1.74. The predicted molar refractivity (Wildman–Crippen MR) is 80.8 cm³/mol. The van der Waals surface area contributed by atoms with Crippen LogP contribution >= 0.6 is 0 Å². The average molecular weight is 289 g/mol. The minimum atomic E-state index is 0.167. The Bertz CT molecular complexity index is 615. The fraction of sp³-hybridized carbons (Fsp3) is 0.562. The maximum atomic E-state index is 5.67. The highest BCUT2D eigenvalue weighted by atomic mass is 16.5. The van der Waals surface area contributed by atoms with Crippen LogP contribution in [0.15, 0.2) is 22.7 Å². The van der Waals surface area contributed by atoms with Gasteiger partial charge in [0.1, 0.15) is 11.5 Å². The van der Waals surface area contributed by atoms with E-state index in [0.717, 1.165) is 35.7 Å². The van der Waals surface area contributed by atoms with Crippen molar-refractivity contribution in [2.45, 2.75) is 45.9 Å². The molecule has 5 heteroatoms. The van der Waals surface area contributed by atoms with Crippen LogP contribution in [0.5, 0.6) is 0 Å². The molecule has 0 spiro atoms. The number of aryl methyl sites for hydroxylation is 1. The van der Waals surface area contributed by atoms with E-state index in [2.05, 4.69) is 29.4 Å². The molecule has 2 heterocycles. The van der Waals surface area contributed by atoms with Gasteiger partial charge in [0.05, 0.1) is 12.3 Å². The second-order valence-electron chi connectivity index (χ2n) is 6.40. The first-order chi connectivity index (χ1) is 10.0. The lowest BCUT2D eigenvalue weighted by Gasteiger charge is -2.51. The summed E-state index contributed by atoms with van der Waals surface area (Å²) in [4.78, 5) is 0. The zero-order chi connectivity index (χ0) is 15.0. The highest BCUT2D eigenvalue weighted by Gasteiger charge is 2.48. The van der Waals surface area contributed by atoms with Crippen molar-refractivity contribution >= 4 is 0 Å². The normalized spacial score (nSPS) is 24.0. The van der Waals surface area contributed by atoms with Crippen molar-refractivity contribution in [1.82, 2.24) is 15.5 Å². The van der Waals surface area contributed by atoms with Gasteiger partial charge in [0.2, 0.25) is 0 Å². The van der Waals surface area contributed by atoms with Gasteiger partial charge in [-0.2, -0.15) is 5.10 Å². The van der Waals surface area contributed by atoms with Gasteiger partial charge in [0.15, 0.2) is 5.76 Å². The third-order valence-electron chi connectivity index (χ3n) is 4.71. The van der Waals surface area contributed by atoms with Crippen molar-refractivity contribution in [3.05, 3.63) is 29.7 Å². The lowest BCUT2D eigenvalue weighted by atomic mass is 9.64. The molecule has 2 N–H and O–H groups in total. The Labute approximate surface area is 125 Å². The zero-order valence-corrected chi connectivity index (χ0v) is 13.1. The fourth-order valence-corrected chi connectivity index (χ4v) is 3.09. The van der Waals surface area contributed by atoms with E-state index >= 15 is 0 Å². The summed E-state index contributed by atoms with van der Waals surface area (Å²) in [7, 11) is 1.79. The Kier molecular flexibility index (Phi) is 3.63. The number of aromatic amines is 1. The Morgan fingerprint density at radius 3 is 2.90 bits per heavy atom. The standard InChI is InChI=1S/C16H23N3O2/c1-10-5-6-12(21-10)15-11(9-18-19-15)8-17-13-7-14(20-4)16(13,2)3/h5-6,9,13-14,17H,7-8H2,1-4H3,(H,18,19). The third kappa shape index (κ3) is 2.51. The van der Waals surface area contributed by atoms with Crippen LogP contribution in [0.2, 0.25) is 0 Å². The lowest BCUT2D eigenvalue weighted by Crippen LogP contribution is -2.60. The van der Waals surface area contributed by atoms with Crippen LogP contribution < -0.4 is 5.32 Å². The molecule has 5 nitrogen and oxygen atoms in total. The minimum Gasteiger partial charge on any atom is -0.460 e. The summed E-state index contributed by atoms with van der Waals surface area (Å²) in [5, 5.41) is 10.8. The van der Waals surface area contributed by atoms with Crippen molar-refractivity contribution in [3.8, 4) is 11.5 Å². The number of hydrogen-bond donors (Lipinski definition) is 2. The largest absolute Gasteiger partial charge is 0.460 e. The van der Waals surface area contributed by atoms with E-state index in [1.807, 2.05) is 25.3 Å². The lowest BCUT2D eigenvalue weighted by molar-refractivity contribution is -0.0978. The third-order valence-corrected chi connectivity index (χ3v) is 4.71. The summed E-state index contributed by atoms with van der Waals surface area (Å²) in [5.41, 5.74) is 2.25. The van der Waals surface area contributed by atoms with Crippen LogP contribution in [-0.4, -0.2) is 29.5 Å². The van der Waals surface area contributed by atoms with E-state index in [9.17, 15) is 0 Å². The second-order valence-corrected chi connectivity index (χ2v) is 6.40. The molecule has 2 atom stereocenters. The molecule has 1 aliphatic rings. The summed E-state index contributed by atoms with van der Waals surface area (Å²) in [6.07, 6.45) is 3.25. The van der Waals surface area contributed by atoms with E-state index in [-0.39, 0.29) is 5.41 Å². The Hall–Kier alpha value is -1.59. The van der Waals surface area contributed by atoms with Gasteiger partial charge in [-0.1, -0.05) is 13.8 Å². The number of rotatable bonds is 5. The Balaban J connectivity index is 1.66. The number of hydrogen-bond acceptors (Lipinski definition) is 4. The molecule has 0 amide bonds. The highest BCUT2D eigenvalue weighted by molar-refractivity contribution is 5.56. The first-order valence-electron chi connectivity index (χ1n) is 7.37. The van der Waals surface area contributed by atoms with Crippen molar-refractivity contribution in [2.24, 2.45) is 5.41 Å². The van der Waals surface area contributed by atoms with Crippen LogP contribution in [0, 0.1) is 12.3 Å². The molecule has 21 heavy (non-hydrogen) atoms. The number of nitrogens with one attached hydrogen (secondary N) is 2. The molecule has 1 aliphatic carbocycles. The van der Waals surface area contributed by atoms with Gasteiger partial charge in [0, 0.05) is 30.7 Å². The van der Waals surface area contributed by atoms with Crippen molar-refractivity contribution in [3.63, 3.8) is 0 Å². The maximum Gasteiger partial charge on any atom is 0.152 e. The van der Waals surface area contributed by atoms with Gasteiger partial charge in [0.25, 0.3) is 0 Å². The van der Waals surface area contributed by atoms with Crippen LogP contribution in [0.1, 0.15) is 31.6 Å². The van der Waals surface area contributed by atoms with Gasteiger partial charge in [-0.15, -0.1) is 0 Å². The first kappa shape index (κ1) is 14.4. The number of aromatic nitrogens is 2. The smallest absolute Gasteiger partial charge is 0.152 e. The molecule has 2 aromatic rings. The fourth-order valence-electron chi connectivity index (χ4n) is 3.09. The summed E-state index contributed by atoms with van der Waals surface area (Å²) >= 11 is 0. The number of nitrogens with zero attached hydrogens (tertiary/aromatic N) is 1. The monoisotopic (exact) mass is 289 g/mol. The van der Waals surface area contributed by atoms with Crippen LogP contribution in [0.4, 0.5) is 0 Å². The second kappa shape index (κ2) is 5.31. The molecular weight excluding hydrogens is 266 g/mol. The SMILES string of the molecule is COC1CC(NCc2cn[nH]c2-c2ccc(C)o2)C1(C)C. The van der Waals surface area contributed by atoms with E-state index in [1.54, 1.807) is 7.11 Å². The van der Waals surface area contributed by atoms with E-state index in [0.29, 0.717) is 12.1 Å². The molecule has 1 fully saturated rings. The van der Waals surface area contributed by atoms with Gasteiger partial charge < -0.3 is 14.5 Å². The van der Waals surface area contributed by atoms with Crippen LogP contribution in [0.25, 0.3) is 11.5 Å². The summed E-state index contributed by atoms with van der Waals surface area (Å²) < 4.78 is 11.2. The number of ether oxygens (including phenoxy) is 1. The molecule has 3 rings (SSSR count). The van der Waals surface area contributed by atoms with Gasteiger partial charge in [-0.3, -0.25) is 5.10 Å². The molecule has 0 aliphatic heterocycles. The van der Waals surface area contributed by atoms with Gasteiger partial charge in [-0.25, -0.2) is 0 Å². The molecule has 0 bridgehead atoms. The van der Waals surface area contributed by atoms with Crippen molar-refractivity contribution in [2.75, 3.05) is 7.11 Å². The number of furan rings is 1. The zero-order valence-electron chi connectivity index (χ0n) is 13.1. The molecule has 1 saturated carbocycles. The van der Waals surface area contributed by atoms with Crippen molar-refractivity contribution < 1.29 is 9.15 Å². The van der Waals surface area contributed by atoms with Gasteiger partial charge in [-0.05, 0) is 25.5 Å². The number of H-pyrrole nitrogens is 1. The first-order valence-corrected chi connectivity index (χ1v) is 7.37. The van der Waals surface area contributed by atoms with Gasteiger partial charge >= 0.3 is 0 Å². The molecule has 114 valence electrons. The summed E-state index contributed by atoms with van der Waals surface area (Å²) in [6, 6.07) is 4.40. The molecule has 0 radical (unpaired) electrons. The molecule has 2 aromatic heterocycles. The van der Waals surface area contributed by atoms with E-state index in [4.69, 9.17) is 9.15 Å². The molecule has 2 unspecified atom stereocenters. The van der Waals surface area contributed by atoms with Crippen molar-refractivity contribution in [1.29, 1.82) is 0 Å². The number of methoxy groups -OCH3 is 1. The van der Waals surface area contributed by atoms with Crippen LogP contribution in [0.3, 0.4) is 0 Å². The molecular formula is C16H23N3O2. The Morgan fingerprint density at radius 1 is 1.48 bits per heavy atom. The summed E-state index contributed by atoms with van der Waals surface area (Å²) in [6.45, 7) is 7.21. The quantitative estimate of drug-likeness (QED) is 0.888. The Morgan fingerprint density at radius 2 is 2.29 bits per heavy atom. The van der Waals surface area contributed by atoms with E-state index < -0.39 is 0 Å². The minimum absolute atomic E-state index is 0.167. The maximum absolute atomic E-state index is 5.67. The van der Waals surface area contributed by atoms with E-state index in [1.165, 1.54) is 0 Å².